The normalized spacial score (nSPS) is 20.3. The zero-order valence-corrected chi connectivity index (χ0v) is 12.2. The van der Waals surface area contributed by atoms with Crippen LogP contribution in [0.4, 0.5) is 5.69 Å². The molecule has 0 aromatic heterocycles. The summed E-state index contributed by atoms with van der Waals surface area (Å²) in [6.45, 7) is 7.71. The average molecular weight is 297 g/mol. The second-order valence-corrected chi connectivity index (χ2v) is 5.81. The van der Waals surface area contributed by atoms with Crippen molar-refractivity contribution in [3.63, 3.8) is 0 Å². The number of rotatable bonds is 3. The van der Waals surface area contributed by atoms with E-state index in [1.165, 1.54) is 40.7 Å². The number of hydrogen-bond donors (Lipinski definition) is 2. The molecule has 1 fully saturated rings. The van der Waals surface area contributed by atoms with E-state index in [0.29, 0.717) is 0 Å². The third-order valence-electron chi connectivity index (χ3n) is 3.43. The van der Waals surface area contributed by atoms with Crippen molar-refractivity contribution in [2.45, 2.75) is 26.7 Å². The standard InChI is InChI=1S/C14H21BrN2/c1-10-6-13(7-11(2)14(10)15)17-9-12-4-3-5-16-8-12/h6-7,12,16-17H,3-5,8-9H2,1-2H3. The molecule has 0 spiro atoms. The number of halogens is 1. The van der Waals surface area contributed by atoms with Crippen LogP contribution in [0.25, 0.3) is 0 Å². The van der Waals surface area contributed by atoms with Crippen molar-refractivity contribution in [3.05, 3.63) is 27.7 Å². The maximum Gasteiger partial charge on any atom is 0.0346 e. The molecule has 1 aliphatic rings. The van der Waals surface area contributed by atoms with E-state index < -0.39 is 0 Å². The third kappa shape index (κ3) is 3.46. The van der Waals surface area contributed by atoms with Gasteiger partial charge in [0, 0.05) is 16.7 Å². The van der Waals surface area contributed by atoms with Gasteiger partial charge in [-0.25, -0.2) is 0 Å². The van der Waals surface area contributed by atoms with Crippen LogP contribution < -0.4 is 10.6 Å². The lowest BCUT2D eigenvalue weighted by atomic mass is 9.99. The molecule has 2 nitrogen and oxygen atoms in total. The quantitative estimate of drug-likeness (QED) is 0.892. The molecule has 17 heavy (non-hydrogen) atoms. The number of aryl methyl sites for hydroxylation is 2. The van der Waals surface area contributed by atoms with E-state index in [-0.39, 0.29) is 0 Å². The minimum atomic E-state index is 0.771. The zero-order valence-electron chi connectivity index (χ0n) is 10.6. The van der Waals surface area contributed by atoms with Gasteiger partial charge in [0.25, 0.3) is 0 Å². The largest absolute Gasteiger partial charge is 0.385 e. The highest BCUT2D eigenvalue weighted by Gasteiger charge is 2.12. The second kappa shape index (κ2) is 5.87. The Hall–Kier alpha value is -0.540. The lowest BCUT2D eigenvalue weighted by Gasteiger charge is -2.23. The first kappa shape index (κ1) is 12.9. The minimum absolute atomic E-state index is 0.771. The van der Waals surface area contributed by atoms with E-state index >= 15 is 0 Å². The highest BCUT2D eigenvalue weighted by Crippen LogP contribution is 2.25. The molecule has 0 radical (unpaired) electrons. The van der Waals surface area contributed by atoms with E-state index in [1.807, 2.05) is 0 Å². The summed E-state index contributed by atoms with van der Waals surface area (Å²) in [7, 11) is 0. The molecule has 1 aliphatic heterocycles. The number of anilines is 1. The van der Waals surface area contributed by atoms with E-state index in [9.17, 15) is 0 Å². The Morgan fingerprint density at radius 3 is 2.65 bits per heavy atom. The van der Waals surface area contributed by atoms with Crippen molar-refractivity contribution < 1.29 is 0 Å². The van der Waals surface area contributed by atoms with Crippen LogP contribution in [-0.2, 0) is 0 Å². The third-order valence-corrected chi connectivity index (χ3v) is 4.68. The minimum Gasteiger partial charge on any atom is -0.385 e. The zero-order chi connectivity index (χ0) is 12.3. The van der Waals surface area contributed by atoms with Crippen molar-refractivity contribution in [2.75, 3.05) is 25.0 Å². The van der Waals surface area contributed by atoms with Gasteiger partial charge in [-0.15, -0.1) is 0 Å². The molecule has 2 rings (SSSR count). The Labute approximate surface area is 112 Å². The van der Waals surface area contributed by atoms with Crippen molar-refractivity contribution in [1.29, 1.82) is 0 Å². The van der Waals surface area contributed by atoms with Gasteiger partial charge in [0.15, 0.2) is 0 Å². The highest BCUT2D eigenvalue weighted by atomic mass is 79.9. The fraction of sp³-hybridized carbons (Fsp3) is 0.571. The molecule has 1 saturated heterocycles. The molecule has 1 heterocycles. The highest BCUT2D eigenvalue weighted by molar-refractivity contribution is 9.10. The average Bonchev–Trinajstić information content (AvgIpc) is 2.34. The van der Waals surface area contributed by atoms with Gasteiger partial charge >= 0.3 is 0 Å². The Balaban J connectivity index is 1.94. The van der Waals surface area contributed by atoms with Crippen molar-refractivity contribution >= 4 is 21.6 Å². The predicted molar refractivity (Wildman–Crippen MR) is 77.7 cm³/mol. The molecule has 1 aromatic rings. The summed E-state index contributed by atoms with van der Waals surface area (Å²) in [4.78, 5) is 0. The van der Waals surface area contributed by atoms with Gasteiger partial charge in [-0.1, -0.05) is 15.9 Å². The van der Waals surface area contributed by atoms with Crippen LogP contribution >= 0.6 is 15.9 Å². The number of hydrogen-bond acceptors (Lipinski definition) is 2. The fourth-order valence-corrected chi connectivity index (χ4v) is 2.64. The summed E-state index contributed by atoms with van der Waals surface area (Å²) in [5.41, 5.74) is 3.84. The summed E-state index contributed by atoms with van der Waals surface area (Å²) in [5, 5.41) is 7.02. The van der Waals surface area contributed by atoms with Gasteiger partial charge < -0.3 is 10.6 Å². The molecule has 0 saturated carbocycles. The number of nitrogens with one attached hydrogen (secondary N) is 2. The fourth-order valence-electron chi connectivity index (χ4n) is 2.41. The van der Waals surface area contributed by atoms with Gasteiger partial charge in [0.1, 0.15) is 0 Å². The summed E-state index contributed by atoms with van der Waals surface area (Å²) in [6.07, 6.45) is 2.65. The van der Waals surface area contributed by atoms with Crippen LogP contribution in [0.3, 0.4) is 0 Å². The van der Waals surface area contributed by atoms with Crippen LogP contribution in [0.1, 0.15) is 24.0 Å². The van der Waals surface area contributed by atoms with Crippen LogP contribution in [-0.4, -0.2) is 19.6 Å². The second-order valence-electron chi connectivity index (χ2n) is 5.02. The monoisotopic (exact) mass is 296 g/mol. The van der Waals surface area contributed by atoms with Crippen molar-refractivity contribution in [2.24, 2.45) is 5.92 Å². The van der Waals surface area contributed by atoms with Gasteiger partial charge in [-0.05, 0) is 69.0 Å². The maximum absolute atomic E-state index is 3.60. The first-order chi connectivity index (χ1) is 8.16. The van der Waals surface area contributed by atoms with Gasteiger partial charge in [0.05, 0.1) is 0 Å². The molecule has 3 heteroatoms. The lowest BCUT2D eigenvalue weighted by Crippen LogP contribution is -2.33. The van der Waals surface area contributed by atoms with E-state index in [2.05, 4.69) is 52.5 Å². The van der Waals surface area contributed by atoms with Crippen molar-refractivity contribution in [1.82, 2.24) is 5.32 Å². The molecule has 1 unspecified atom stereocenters. The first-order valence-electron chi connectivity index (χ1n) is 6.38. The summed E-state index contributed by atoms with van der Waals surface area (Å²) in [6, 6.07) is 4.43. The molecule has 0 bridgehead atoms. The molecular formula is C14H21BrN2. The van der Waals surface area contributed by atoms with Crippen LogP contribution in [0.5, 0.6) is 0 Å². The van der Waals surface area contributed by atoms with Gasteiger partial charge in [-0.2, -0.15) is 0 Å². The predicted octanol–water partition coefficient (Wildman–Crippen LogP) is 3.48. The summed E-state index contributed by atoms with van der Waals surface area (Å²) >= 11 is 3.60. The van der Waals surface area contributed by atoms with Crippen molar-refractivity contribution in [3.8, 4) is 0 Å². The lowest BCUT2D eigenvalue weighted by molar-refractivity contribution is 0.393. The SMILES string of the molecule is Cc1cc(NCC2CCCNC2)cc(C)c1Br. The molecule has 2 N–H and O–H groups in total. The van der Waals surface area contributed by atoms with E-state index in [4.69, 9.17) is 0 Å². The Morgan fingerprint density at radius 2 is 2.06 bits per heavy atom. The van der Waals surface area contributed by atoms with E-state index in [1.54, 1.807) is 0 Å². The molecule has 1 aromatic carbocycles. The number of benzene rings is 1. The van der Waals surface area contributed by atoms with Crippen LogP contribution in [0.2, 0.25) is 0 Å². The van der Waals surface area contributed by atoms with Gasteiger partial charge in [-0.3, -0.25) is 0 Å². The first-order valence-corrected chi connectivity index (χ1v) is 7.17. The summed E-state index contributed by atoms with van der Waals surface area (Å²) in [5.74, 6) is 0.771. The maximum atomic E-state index is 3.60. The Kier molecular flexibility index (Phi) is 4.46. The Bertz CT molecular complexity index is 361. The number of piperidine rings is 1. The Morgan fingerprint density at radius 1 is 1.35 bits per heavy atom. The molecule has 0 aliphatic carbocycles. The van der Waals surface area contributed by atoms with Crippen LogP contribution in [0.15, 0.2) is 16.6 Å². The summed E-state index contributed by atoms with van der Waals surface area (Å²) < 4.78 is 1.22. The molecule has 0 amide bonds. The molecule has 94 valence electrons. The van der Waals surface area contributed by atoms with Gasteiger partial charge in [0.2, 0.25) is 0 Å². The topological polar surface area (TPSA) is 24.1 Å². The smallest absolute Gasteiger partial charge is 0.0346 e. The van der Waals surface area contributed by atoms with Crippen LogP contribution in [0, 0.1) is 19.8 Å². The molecule has 1 atom stereocenters. The van der Waals surface area contributed by atoms with E-state index in [0.717, 1.165) is 19.0 Å². The molecular weight excluding hydrogens is 276 g/mol.